The van der Waals surface area contributed by atoms with E-state index in [4.69, 9.17) is 10.9 Å². The number of rotatable bonds is 7. The van der Waals surface area contributed by atoms with Crippen molar-refractivity contribution >= 4 is 11.8 Å². The molecule has 0 aromatic heterocycles. The van der Waals surface area contributed by atoms with E-state index in [0.29, 0.717) is 5.56 Å². The van der Waals surface area contributed by atoms with Crippen LogP contribution in [0.1, 0.15) is 29.3 Å². The molecular weight excluding hydrogens is 318 g/mol. The van der Waals surface area contributed by atoms with Gasteiger partial charge in [0.05, 0.1) is 0 Å². The summed E-state index contributed by atoms with van der Waals surface area (Å²) >= 11 is 0. The number of hydrogen-bond donors (Lipinski definition) is 4. The Morgan fingerprint density at radius 2 is 1.60 bits per heavy atom. The highest BCUT2D eigenvalue weighted by Crippen LogP contribution is 2.21. The Hall–Kier alpha value is -2.70. The molecule has 0 bridgehead atoms. The molecule has 25 heavy (non-hydrogen) atoms. The van der Waals surface area contributed by atoms with Gasteiger partial charge in [-0.2, -0.15) is 0 Å². The molecule has 0 unspecified atom stereocenters. The van der Waals surface area contributed by atoms with E-state index in [2.05, 4.69) is 36.5 Å². The molecule has 0 aliphatic carbocycles. The summed E-state index contributed by atoms with van der Waals surface area (Å²) in [7, 11) is 0. The third-order valence-electron chi connectivity index (χ3n) is 3.94. The standard InChI is InChI=1S/C19H23N3O3/c1-2-3-13-4-6-14(7-5-13)15-8-10-16(11-9-15)18(23)21-17(12-20)19(24)22-25/h4-11,17,25H,2-3,12,20H2,1H3,(H,21,23)(H,22,24)/t17-/m0/s1. The Balaban J connectivity index is 2.08. The quantitative estimate of drug-likeness (QED) is 0.456. The van der Waals surface area contributed by atoms with E-state index in [1.807, 2.05) is 12.1 Å². The molecule has 0 radical (unpaired) electrons. The smallest absolute Gasteiger partial charge is 0.267 e. The molecule has 2 amide bonds. The predicted molar refractivity (Wildman–Crippen MR) is 96.1 cm³/mol. The molecule has 0 aliphatic heterocycles. The highest BCUT2D eigenvalue weighted by Gasteiger charge is 2.19. The predicted octanol–water partition coefficient (Wildman–Crippen LogP) is 1.87. The van der Waals surface area contributed by atoms with Crippen molar-refractivity contribution < 1.29 is 14.8 Å². The molecule has 0 spiro atoms. The Morgan fingerprint density at radius 3 is 2.08 bits per heavy atom. The number of benzene rings is 2. The third kappa shape index (κ3) is 4.89. The van der Waals surface area contributed by atoms with Crippen molar-refractivity contribution in [2.24, 2.45) is 5.73 Å². The van der Waals surface area contributed by atoms with Gasteiger partial charge in [0.1, 0.15) is 6.04 Å². The Labute approximate surface area is 147 Å². The molecule has 0 saturated heterocycles. The van der Waals surface area contributed by atoms with E-state index in [1.54, 1.807) is 12.1 Å². The fraction of sp³-hybridized carbons (Fsp3) is 0.263. The molecule has 0 fully saturated rings. The van der Waals surface area contributed by atoms with Gasteiger partial charge in [0.25, 0.3) is 11.8 Å². The summed E-state index contributed by atoms with van der Waals surface area (Å²) < 4.78 is 0. The van der Waals surface area contributed by atoms with Crippen LogP contribution in [0.3, 0.4) is 0 Å². The fourth-order valence-corrected chi connectivity index (χ4v) is 2.52. The zero-order valence-electron chi connectivity index (χ0n) is 14.2. The second-order valence-corrected chi connectivity index (χ2v) is 5.76. The van der Waals surface area contributed by atoms with Gasteiger partial charge in [-0.15, -0.1) is 0 Å². The first-order valence-electron chi connectivity index (χ1n) is 8.23. The van der Waals surface area contributed by atoms with Crippen LogP contribution in [-0.2, 0) is 11.2 Å². The molecule has 0 saturated carbocycles. The lowest BCUT2D eigenvalue weighted by molar-refractivity contribution is -0.130. The van der Waals surface area contributed by atoms with Gasteiger partial charge in [0.2, 0.25) is 0 Å². The monoisotopic (exact) mass is 341 g/mol. The normalized spacial score (nSPS) is 11.6. The van der Waals surface area contributed by atoms with E-state index in [0.717, 1.165) is 24.0 Å². The van der Waals surface area contributed by atoms with Gasteiger partial charge in [-0.1, -0.05) is 49.7 Å². The largest absolute Gasteiger partial charge is 0.339 e. The minimum Gasteiger partial charge on any atom is -0.339 e. The van der Waals surface area contributed by atoms with Crippen molar-refractivity contribution in [2.75, 3.05) is 6.54 Å². The number of aryl methyl sites for hydroxylation is 1. The second-order valence-electron chi connectivity index (χ2n) is 5.76. The number of carbonyl (C=O) groups is 2. The lowest BCUT2D eigenvalue weighted by Crippen LogP contribution is -2.50. The molecule has 6 heteroatoms. The number of hydroxylamine groups is 1. The molecule has 1 atom stereocenters. The van der Waals surface area contributed by atoms with Crippen LogP contribution in [0.5, 0.6) is 0 Å². The van der Waals surface area contributed by atoms with Crippen LogP contribution in [0, 0.1) is 0 Å². The van der Waals surface area contributed by atoms with E-state index in [-0.39, 0.29) is 6.54 Å². The summed E-state index contributed by atoms with van der Waals surface area (Å²) in [6.07, 6.45) is 2.17. The Bertz CT molecular complexity index is 712. The van der Waals surface area contributed by atoms with E-state index in [9.17, 15) is 9.59 Å². The molecule has 132 valence electrons. The highest BCUT2D eigenvalue weighted by atomic mass is 16.5. The summed E-state index contributed by atoms with van der Waals surface area (Å²) in [5.74, 6) is -1.18. The van der Waals surface area contributed by atoms with E-state index >= 15 is 0 Å². The van der Waals surface area contributed by atoms with Crippen LogP contribution in [0.2, 0.25) is 0 Å². The Kier molecular flexibility index (Phi) is 6.68. The Morgan fingerprint density at radius 1 is 1.04 bits per heavy atom. The molecule has 5 N–H and O–H groups in total. The number of amides is 2. The summed E-state index contributed by atoms with van der Waals surface area (Å²) in [6.45, 7) is 2.04. The van der Waals surface area contributed by atoms with Crippen molar-refractivity contribution in [2.45, 2.75) is 25.8 Å². The van der Waals surface area contributed by atoms with Crippen LogP contribution < -0.4 is 16.5 Å². The van der Waals surface area contributed by atoms with Crippen LogP contribution in [0.15, 0.2) is 48.5 Å². The van der Waals surface area contributed by atoms with Gasteiger partial charge in [0, 0.05) is 12.1 Å². The first-order valence-corrected chi connectivity index (χ1v) is 8.23. The van der Waals surface area contributed by atoms with Crippen molar-refractivity contribution in [1.82, 2.24) is 10.8 Å². The summed E-state index contributed by atoms with van der Waals surface area (Å²) in [5.41, 5.74) is 10.7. The lowest BCUT2D eigenvalue weighted by Gasteiger charge is -2.14. The first kappa shape index (κ1) is 18.6. The average Bonchev–Trinajstić information content (AvgIpc) is 2.66. The molecule has 2 rings (SSSR count). The number of nitrogens with two attached hydrogens (primary N) is 1. The summed E-state index contributed by atoms with van der Waals surface area (Å²) in [6, 6.07) is 14.5. The molecule has 6 nitrogen and oxygen atoms in total. The van der Waals surface area contributed by atoms with Crippen molar-refractivity contribution in [1.29, 1.82) is 0 Å². The van der Waals surface area contributed by atoms with E-state index in [1.165, 1.54) is 11.0 Å². The maximum absolute atomic E-state index is 12.2. The molecule has 2 aromatic carbocycles. The zero-order chi connectivity index (χ0) is 18.2. The zero-order valence-corrected chi connectivity index (χ0v) is 14.2. The SMILES string of the molecule is CCCc1ccc(-c2ccc(C(=O)N[C@@H](CN)C(=O)NO)cc2)cc1. The van der Waals surface area contributed by atoms with Crippen LogP contribution in [0.25, 0.3) is 11.1 Å². The van der Waals surface area contributed by atoms with E-state index < -0.39 is 17.9 Å². The topological polar surface area (TPSA) is 104 Å². The van der Waals surface area contributed by atoms with Gasteiger partial charge in [-0.05, 0) is 35.2 Å². The number of hydrogen-bond acceptors (Lipinski definition) is 4. The maximum Gasteiger partial charge on any atom is 0.267 e. The van der Waals surface area contributed by atoms with Gasteiger partial charge >= 0.3 is 0 Å². The van der Waals surface area contributed by atoms with Crippen LogP contribution >= 0.6 is 0 Å². The van der Waals surface area contributed by atoms with Gasteiger partial charge in [-0.25, -0.2) is 5.48 Å². The molecule has 2 aromatic rings. The summed E-state index contributed by atoms with van der Waals surface area (Å²) in [4.78, 5) is 23.5. The van der Waals surface area contributed by atoms with Gasteiger partial charge in [-0.3, -0.25) is 14.8 Å². The highest BCUT2D eigenvalue weighted by molar-refractivity contribution is 5.97. The lowest BCUT2D eigenvalue weighted by atomic mass is 10.0. The minimum atomic E-state index is -0.983. The van der Waals surface area contributed by atoms with Crippen molar-refractivity contribution in [3.8, 4) is 11.1 Å². The minimum absolute atomic E-state index is 0.111. The average molecular weight is 341 g/mol. The van der Waals surface area contributed by atoms with Crippen molar-refractivity contribution in [3.63, 3.8) is 0 Å². The van der Waals surface area contributed by atoms with Crippen LogP contribution in [-0.4, -0.2) is 29.6 Å². The molecular formula is C19H23N3O3. The second kappa shape index (κ2) is 8.96. The third-order valence-corrected chi connectivity index (χ3v) is 3.94. The van der Waals surface area contributed by atoms with Gasteiger partial charge in [0.15, 0.2) is 0 Å². The first-order chi connectivity index (χ1) is 12.1. The van der Waals surface area contributed by atoms with Crippen LogP contribution in [0.4, 0.5) is 0 Å². The van der Waals surface area contributed by atoms with Gasteiger partial charge < -0.3 is 11.1 Å². The van der Waals surface area contributed by atoms with Crippen molar-refractivity contribution in [3.05, 3.63) is 59.7 Å². The number of carbonyl (C=O) groups excluding carboxylic acids is 2. The fourth-order valence-electron chi connectivity index (χ4n) is 2.52. The number of nitrogens with one attached hydrogen (secondary N) is 2. The molecule has 0 aliphatic rings. The maximum atomic E-state index is 12.2. The molecule has 0 heterocycles. The summed E-state index contributed by atoms with van der Waals surface area (Å²) in [5, 5.41) is 11.1.